The second-order valence-corrected chi connectivity index (χ2v) is 6.74. The average Bonchev–Trinajstić information content (AvgIpc) is 3.13. The maximum atomic E-state index is 9.21. The van der Waals surface area contributed by atoms with Crippen LogP contribution in [0.1, 0.15) is 33.6 Å². The Kier molecular flexibility index (Phi) is 4.64. The third-order valence-corrected chi connectivity index (χ3v) is 3.92. The van der Waals surface area contributed by atoms with Gasteiger partial charge in [-0.05, 0) is 25.2 Å². The van der Waals surface area contributed by atoms with Gasteiger partial charge in [-0.2, -0.15) is 0 Å². The smallest absolute Gasteiger partial charge is 0.0933 e. The lowest BCUT2D eigenvalue weighted by Crippen LogP contribution is -2.53. The van der Waals surface area contributed by atoms with E-state index >= 15 is 0 Å². The molecule has 4 nitrogen and oxygen atoms in total. The first-order chi connectivity index (χ1) is 8.50. The number of aliphatic hydroxyl groups is 1. The van der Waals surface area contributed by atoms with Gasteiger partial charge in [0.1, 0.15) is 0 Å². The van der Waals surface area contributed by atoms with Crippen LogP contribution in [0, 0.1) is 5.41 Å². The first-order valence-corrected chi connectivity index (χ1v) is 7.20. The summed E-state index contributed by atoms with van der Waals surface area (Å²) in [5.74, 6) is 0. The number of aliphatic hydroxyl groups excluding tert-OH is 1. The molecule has 2 rings (SSSR count). The van der Waals surface area contributed by atoms with Crippen LogP contribution in [-0.4, -0.2) is 61.0 Å². The lowest BCUT2D eigenvalue weighted by atomic mass is 9.91. The van der Waals surface area contributed by atoms with E-state index in [1.165, 1.54) is 12.8 Å². The molecule has 0 amide bonds. The van der Waals surface area contributed by atoms with Gasteiger partial charge in [0.2, 0.25) is 0 Å². The van der Waals surface area contributed by atoms with Crippen molar-refractivity contribution in [3.05, 3.63) is 0 Å². The van der Waals surface area contributed by atoms with Crippen LogP contribution in [0.25, 0.3) is 0 Å². The van der Waals surface area contributed by atoms with Crippen molar-refractivity contribution in [3.63, 3.8) is 0 Å². The van der Waals surface area contributed by atoms with Crippen molar-refractivity contribution in [3.8, 4) is 0 Å². The predicted molar refractivity (Wildman–Crippen MR) is 72.7 cm³/mol. The zero-order valence-electron chi connectivity index (χ0n) is 12.0. The Labute approximate surface area is 111 Å². The van der Waals surface area contributed by atoms with Gasteiger partial charge >= 0.3 is 0 Å². The number of ether oxygens (including phenoxy) is 1. The summed E-state index contributed by atoms with van der Waals surface area (Å²) in [6, 6.07) is 1.23. The van der Waals surface area contributed by atoms with E-state index in [0.717, 1.165) is 32.3 Å². The highest BCUT2D eigenvalue weighted by molar-refractivity contribution is 4.87. The normalized spacial score (nSPS) is 30.7. The topological polar surface area (TPSA) is 44.7 Å². The molecule has 18 heavy (non-hydrogen) atoms. The van der Waals surface area contributed by atoms with Crippen LogP contribution < -0.4 is 5.32 Å². The summed E-state index contributed by atoms with van der Waals surface area (Å²) in [6.45, 7) is 10.7. The first kappa shape index (κ1) is 14.3. The summed E-state index contributed by atoms with van der Waals surface area (Å²) in [5.41, 5.74) is 0.272. The fraction of sp³-hybridized carbons (Fsp3) is 1.00. The van der Waals surface area contributed by atoms with Gasteiger partial charge in [0.25, 0.3) is 0 Å². The second kappa shape index (κ2) is 5.87. The Hall–Kier alpha value is -0.160. The van der Waals surface area contributed by atoms with Crippen molar-refractivity contribution in [2.45, 2.75) is 51.8 Å². The third kappa shape index (κ3) is 4.19. The summed E-state index contributed by atoms with van der Waals surface area (Å²) in [4.78, 5) is 2.46. The van der Waals surface area contributed by atoms with E-state index in [1.54, 1.807) is 0 Å². The Morgan fingerprint density at radius 1 is 1.39 bits per heavy atom. The molecule has 2 unspecified atom stereocenters. The molecular weight excluding hydrogens is 228 g/mol. The number of nitrogens with zero attached hydrogens (tertiary/aromatic N) is 1. The molecule has 1 saturated heterocycles. The molecule has 2 atom stereocenters. The largest absolute Gasteiger partial charge is 0.394 e. The fourth-order valence-corrected chi connectivity index (χ4v) is 2.52. The maximum absolute atomic E-state index is 9.21. The second-order valence-electron chi connectivity index (χ2n) is 6.74. The van der Waals surface area contributed by atoms with E-state index in [0.29, 0.717) is 6.04 Å². The van der Waals surface area contributed by atoms with E-state index in [2.05, 4.69) is 31.0 Å². The number of hydrogen-bond donors (Lipinski definition) is 2. The lowest BCUT2D eigenvalue weighted by molar-refractivity contribution is -0.0858. The number of morpholine rings is 1. The predicted octanol–water partition coefficient (Wildman–Crippen LogP) is 0.846. The molecule has 0 spiro atoms. The third-order valence-electron chi connectivity index (χ3n) is 3.92. The fourth-order valence-electron chi connectivity index (χ4n) is 2.52. The van der Waals surface area contributed by atoms with Crippen LogP contribution in [0.2, 0.25) is 0 Å². The van der Waals surface area contributed by atoms with Gasteiger partial charge in [0.05, 0.1) is 19.3 Å². The summed E-state index contributed by atoms with van der Waals surface area (Å²) in [7, 11) is 0. The van der Waals surface area contributed by atoms with Gasteiger partial charge in [0, 0.05) is 31.7 Å². The maximum Gasteiger partial charge on any atom is 0.0933 e. The van der Waals surface area contributed by atoms with E-state index in [9.17, 15) is 5.11 Å². The van der Waals surface area contributed by atoms with Crippen molar-refractivity contribution >= 4 is 0 Å². The van der Waals surface area contributed by atoms with E-state index in [4.69, 9.17) is 4.74 Å². The van der Waals surface area contributed by atoms with Gasteiger partial charge in [-0.1, -0.05) is 13.8 Å². The van der Waals surface area contributed by atoms with E-state index in [-0.39, 0.29) is 18.1 Å². The highest BCUT2D eigenvalue weighted by atomic mass is 16.5. The van der Waals surface area contributed by atoms with Crippen molar-refractivity contribution in [2.24, 2.45) is 5.41 Å². The molecule has 0 bridgehead atoms. The van der Waals surface area contributed by atoms with Crippen molar-refractivity contribution < 1.29 is 9.84 Å². The molecule has 0 radical (unpaired) electrons. The van der Waals surface area contributed by atoms with Crippen molar-refractivity contribution in [1.82, 2.24) is 10.2 Å². The Morgan fingerprint density at radius 3 is 2.72 bits per heavy atom. The molecule has 1 saturated carbocycles. The van der Waals surface area contributed by atoms with Gasteiger partial charge in [-0.15, -0.1) is 0 Å². The first-order valence-electron chi connectivity index (χ1n) is 7.20. The molecule has 0 aromatic rings. The lowest BCUT2D eigenvalue weighted by Gasteiger charge is -2.41. The van der Waals surface area contributed by atoms with Gasteiger partial charge < -0.3 is 15.2 Å². The van der Waals surface area contributed by atoms with Crippen LogP contribution in [0.3, 0.4) is 0 Å². The molecule has 2 N–H and O–H groups in total. The minimum absolute atomic E-state index is 0.00612. The van der Waals surface area contributed by atoms with Crippen LogP contribution >= 0.6 is 0 Å². The van der Waals surface area contributed by atoms with Crippen molar-refractivity contribution in [2.75, 3.05) is 32.8 Å². The van der Waals surface area contributed by atoms with E-state index < -0.39 is 0 Å². The van der Waals surface area contributed by atoms with Gasteiger partial charge in [0.15, 0.2) is 0 Å². The average molecular weight is 256 g/mol. The monoisotopic (exact) mass is 256 g/mol. The van der Waals surface area contributed by atoms with Crippen LogP contribution in [-0.2, 0) is 4.74 Å². The molecule has 106 valence electrons. The Balaban J connectivity index is 1.80. The molecule has 2 fully saturated rings. The Bertz CT molecular complexity index is 267. The molecule has 0 aromatic heterocycles. The minimum Gasteiger partial charge on any atom is -0.394 e. The van der Waals surface area contributed by atoms with Gasteiger partial charge in [-0.3, -0.25) is 4.90 Å². The summed E-state index contributed by atoms with van der Waals surface area (Å²) in [5, 5.41) is 12.8. The molecule has 1 aliphatic heterocycles. The summed E-state index contributed by atoms with van der Waals surface area (Å²) in [6.07, 6.45) is 2.68. The van der Waals surface area contributed by atoms with Crippen LogP contribution in [0.5, 0.6) is 0 Å². The zero-order chi connectivity index (χ0) is 13.2. The standard InChI is InChI=1S/C14H28N2O2/c1-11-8-18-13(7-17)6-16(11)10-14(2,3)9-15-12-4-5-12/h11-13,15,17H,4-10H2,1-3H3. The molecule has 2 aliphatic rings. The highest BCUT2D eigenvalue weighted by Crippen LogP contribution is 2.24. The zero-order valence-corrected chi connectivity index (χ0v) is 12.0. The molecule has 0 aromatic carbocycles. The summed E-state index contributed by atoms with van der Waals surface area (Å²) < 4.78 is 5.59. The number of hydrogen-bond acceptors (Lipinski definition) is 4. The number of nitrogens with one attached hydrogen (secondary N) is 1. The molecular formula is C14H28N2O2. The molecule has 1 heterocycles. The van der Waals surface area contributed by atoms with E-state index in [1.807, 2.05) is 0 Å². The minimum atomic E-state index is -0.00612. The van der Waals surface area contributed by atoms with Crippen molar-refractivity contribution in [1.29, 1.82) is 0 Å². The quantitative estimate of drug-likeness (QED) is 0.739. The molecule has 4 heteroatoms. The van der Waals surface area contributed by atoms with Crippen LogP contribution in [0.15, 0.2) is 0 Å². The summed E-state index contributed by atoms with van der Waals surface area (Å²) >= 11 is 0. The molecule has 1 aliphatic carbocycles. The number of rotatable bonds is 6. The highest BCUT2D eigenvalue weighted by Gasteiger charge is 2.31. The van der Waals surface area contributed by atoms with Crippen LogP contribution in [0.4, 0.5) is 0 Å². The van der Waals surface area contributed by atoms with Gasteiger partial charge in [-0.25, -0.2) is 0 Å². The SMILES string of the molecule is CC1COC(CO)CN1CC(C)(C)CNC1CC1. The Morgan fingerprint density at radius 2 is 2.11 bits per heavy atom.